The lowest BCUT2D eigenvalue weighted by Gasteiger charge is -2.41. The number of rotatable bonds is 4. The Balaban J connectivity index is 1.26. The van der Waals surface area contributed by atoms with E-state index in [0.29, 0.717) is 16.4 Å². The number of nitrogens with zero attached hydrogens (tertiary/aromatic N) is 6. The van der Waals surface area contributed by atoms with Crippen LogP contribution < -0.4 is 10.6 Å². The number of pyridine rings is 1. The summed E-state index contributed by atoms with van der Waals surface area (Å²) in [6, 6.07) is 1.96. The van der Waals surface area contributed by atoms with Gasteiger partial charge in [0.2, 0.25) is 0 Å². The molecule has 0 unspecified atom stereocenters. The molecule has 3 aromatic rings. The summed E-state index contributed by atoms with van der Waals surface area (Å²) in [5, 5.41) is 1.29. The second-order valence-corrected chi connectivity index (χ2v) is 9.71. The average Bonchev–Trinajstić information content (AvgIpc) is 3.10. The Morgan fingerprint density at radius 2 is 1.94 bits per heavy atom. The van der Waals surface area contributed by atoms with E-state index in [1.807, 2.05) is 12.3 Å². The summed E-state index contributed by atoms with van der Waals surface area (Å²) in [5.41, 5.74) is 7.75. The van der Waals surface area contributed by atoms with E-state index in [9.17, 15) is 0 Å². The van der Waals surface area contributed by atoms with E-state index in [-0.39, 0.29) is 17.6 Å². The average molecular weight is 470 g/mol. The predicted octanol–water partition coefficient (Wildman–Crippen LogP) is 3.47. The van der Waals surface area contributed by atoms with Gasteiger partial charge in [0.05, 0.1) is 36.3 Å². The largest absolute Gasteiger partial charge is 0.376 e. The van der Waals surface area contributed by atoms with Gasteiger partial charge >= 0.3 is 0 Å². The van der Waals surface area contributed by atoms with Gasteiger partial charge in [0.1, 0.15) is 22.2 Å². The third-order valence-electron chi connectivity index (χ3n) is 6.42. The van der Waals surface area contributed by atoms with Gasteiger partial charge < -0.3 is 15.4 Å². The summed E-state index contributed by atoms with van der Waals surface area (Å²) in [7, 11) is 0. The highest BCUT2D eigenvalue weighted by Gasteiger charge is 2.47. The molecule has 2 N–H and O–H groups in total. The minimum atomic E-state index is 0.0953. The standard InChI is InChI=1S/C22H24ClN7OS/c1-14-21(24)22(13-31-14)3-8-30(9-4-22)17-11-29-18(12-28-17)32-16-2-5-27-20(19(16)23)15-10-25-6-7-26-15/h2,5-7,10-12,14,21H,3-4,8-9,13,24H2,1H3/t14-,21+/m0/s1. The van der Waals surface area contributed by atoms with Gasteiger partial charge in [0.25, 0.3) is 0 Å². The molecule has 2 fully saturated rings. The first-order chi connectivity index (χ1) is 15.6. The van der Waals surface area contributed by atoms with Gasteiger partial charge in [-0.15, -0.1) is 0 Å². The molecule has 2 aliphatic heterocycles. The molecule has 166 valence electrons. The summed E-state index contributed by atoms with van der Waals surface area (Å²) in [6.45, 7) is 4.64. The highest BCUT2D eigenvalue weighted by molar-refractivity contribution is 7.99. The molecule has 2 atom stereocenters. The third kappa shape index (κ3) is 4.05. The third-order valence-corrected chi connectivity index (χ3v) is 7.89. The van der Waals surface area contributed by atoms with Crippen LogP contribution in [0.1, 0.15) is 19.8 Å². The molecule has 3 aromatic heterocycles. The molecule has 32 heavy (non-hydrogen) atoms. The molecule has 8 nitrogen and oxygen atoms in total. The van der Waals surface area contributed by atoms with Crippen LogP contribution in [0.5, 0.6) is 0 Å². The number of hydrogen-bond acceptors (Lipinski definition) is 9. The summed E-state index contributed by atoms with van der Waals surface area (Å²) in [4.78, 5) is 25.1. The van der Waals surface area contributed by atoms with Crippen molar-refractivity contribution >= 4 is 29.2 Å². The maximum Gasteiger partial charge on any atom is 0.147 e. The molecular formula is C22H24ClN7OS. The first-order valence-corrected chi connectivity index (χ1v) is 11.8. The van der Waals surface area contributed by atoms with Crippen molar-refractivity contribution in [2.45, 2.75) is 41.8 Å². The number of halogens is 1. The number of nitrogens with two attached hydrogens (primary N) is 1. The lowest BCUT2D eigenvalue weighted by Crippen LogP contribution is -2.50. The summed E-state index contributed by atoms with van der Waals surface area (Å²) in [6.07, 6.45) is 12.4. The van der Waals surface area contributed by atoms with Gasteiger partial charge in [-0.05, 0) is 25.8 Å². The van der Waals surface area contributed by atoms with Crippen molar-refractivity contribution in [1.82, 2.24) is 24.9 Å². The zero-order valence-electron chi connectivity index (χ0n) is 17.7. The van der Waals surface area contributed by atoms with Crippen LogP contribution in [0.4, 0.5) is 5.82 Å². The molecule has 0 aromatic carbocycles. The van der Waals surface area contributed by atoms with Gasteiger partial charge in [-0.1, -0.05) is 23.4 Å². The Bertz CT molecular complexity index is 1080. The van der Waals surface area contributed by atoms with Crippen LogP contribution in [0.2, 0.25) is 5.02 Å². The number of hydrogen-bond donors (Lipinski definition) is 1. The first-order valence-electron chi connectivity index (χ1n) is 10.6. The SMILES string of the molecule is C[C@@H]1OCC2(CCN(c3cnc(Sc4ccnc(-c5cnccn5)c4Cl)cn3)CC2)[C@@H]1N. The Morgan fingerprint density at radius 1 is 1.09 bits per heavy atom. The molecule has 1 spiro atoms. The molecule has 0 saturated carbocycles. The number of aromatic nitrogens is 5. The van der Waals surface area contributed by atoms with Gasteiger partial charge in [-0.25, -0.2) is 9.97 Å². The van der Waals surface area contributed by atoms with Crippen molar-refractivity contribution in [3.63, 3.8) is 0 Å². The number of ether oxygens (including phenoxy) is 1. The summed E-state index contributed by atoms with van der Waals surface area (Å²) in [5.74, 6) is 0.880. The Kier molecular flexibility index (Phi) is 5.98. The molecule has 2 aliphatic rings. The van der Waals surface area contributed by atoms with Gasteiger partial charge in [0.15, 0.2) is 0 Å². The van der Waals surface area contributed by atoms with Crippen LogP contribution in [0, 0.1) is 5.41 Å². The van der Waals surface area contributed by atoms with Crippen LogP contribution in [0.25, 0.3) is 11.4 Å². The van der Waals surface area contributed by atoms with E-state index in [1.165, 1.54) is 11.8 Å². The monoisotopic (exact) mass is 469 g/mol. The molecule has 2 saturated heterocycles. The molecule has 0 aliphatic carbocycles. The van der Waals surface area contributed by atoms with Gasteiger partial charge in [-0.3, -0.25) is 15.0 Å². The second-order valence-electron chi connectivity index (χ2n) is 8.27. The van der Waals surface area contributed by atoms with Gasteiger partial charge in [-0.2, -0.15) is 0 Å². The van der Waals surface area contributed by atoms with Crippen LogP contribution in [-0.2, 0) is 4.74 Å². The molecule has 0 bridgehead atoms. The zero-order valence-corrected chi connectivity index (χ0v) is 19.3. The zero-order chi connectivity index (χ0) is 22.1. The fourth-order valence-corrected chi connectivity index (χ4v) is 5.47. The number of anilines is 1. The minimum absolute atomic E-state index is 0.0953. The first kappa shape index (κ1) is 21.5. The molecule has 0 amide bonds. The maximum absolute atomic E-state index is 6.60. The van der Waals surface area contributed by atoms with E-state index >= 15 is 0 Å². The van der Waals surface area contributed by atoms with Crippen LogP contribution in [0.3, 0.4) is 0 Å². The van der Waals surface area contributed by atoms with Crippen molar-refractivity contribution < 1.29 is 4.74 Å². The van der Waals surface area contributed by atoms with Gasteiger partial charge in [0, 0.05) is 48.0 Å². The van der Waals surface area contributed by atoms with Crippen molar-refractivity contribution in [2.24, 2.45) is 11.1 Å². The topological polar surface area (TPSA) is 103 Å². The van der Waals surface area contributed by atoms with Crippen LogP contribution >= 0.6 is 23.4 Å². The van der Waals surface area contributed by atoms with Crippen molar-refractivity contribution in [2.75, 3.05) is 24.6 Å². The predicted molar refractivity (Wildman–Crippen MR) is 124 cm³/mol. The van der Waals surface area contributed by atoms with E-state index < -0.39 is 0 Å². The smallest absolute Gasteiger partial charge is 0.147 e. The highest BCUT2D eigenvalue weighted by Crippen LogP contribution is 2.42. The fourth-order valence-electron chi connectivity index (χ4n) is 4.40. The number of piperidine rings is 1. The summed E-state index contributed by atoms with van der Waals surface area (Å²) >= 11 is 8.05. The van der Waals surface area contributed by atoms with Crippen molar-refractivity contribution in [3.8, 4) is 11.4 Å². The minimum Gasteiger partial charge on any atom is -0.376 e. The lowest BCUT2D eigenvalue weighted by atomic mass is 9.73. The molecule has 0 radical (unpaired) electrons. The fraction of sp³-hybridized carbons (Fsp3) is 0.409. The Hall–Kier alpha value is -2.33. The molecular weight excluding hydrogens is 446 g/mol. The van der Waals surface area contributed by atoms with E-state index in [0.717, 1.165) is 48.3 Å². The summed E-state index contributed by atoms with van der Waals surface area (Å²) < 4.78 is 5.82. The second kappa shape index (κ2) is 8.90. The van der Waals surface area contributed by atoms with E-state index in [4.69, 9.17) is 22.1 Å². The van der Waals surface area contributed by atoms with E-state index in [2.05, 4.69) is 36.7 Å². The molecule has 5 rings (SSSR count). The van der Waals surface area contributed by atoms with E-state index in [1.54, 1.807) is 31.0 Å². The van der Waals surface area contributed by atoms with Crippen molar-refractivity contribution in [3.05, 3.63) is 48.3 Å². The Labute approximate surface area is 196 Å². The highest BCUT2D eigenvalue weighted by atomic mass is 35.5. The maximum atomic E-state index is 6.60. The van der Waals surface area contributed by atoms with Crippen LogP contribution in [-0.4, -0.2) is 56.8 Å². The lowest BCUT2D eigenvalue weighted by molar-refractivity contribution is 0.0974. The quantitative estimate of drug-likeness (QED) is 0.615. The Morgan fingerprint density at radius 3 is 2.59 bits per heavy atom. The van der Waals surface area contributed by atoms with Crippen molar-refractivity contribution in [1.29, 1.82) is 0 Å². The normalized spacial score (nSPS) is 22.4. The van der Waals surface area contributed by atoms with Crippen LogP contribution in [0.15, 0.2) is 53.2 Å². The molecule has 5 heterocycles. The molecule has 10 heteroatoms.